The van der Waals surface area contributed by atoms with Gasteiger partial charge in [0.1, 0.15) is 0 Å². The summed E-state index contributed by atoms with van der Waals surface area (Å²) in [6.45, 7) is 2.42. The second kappa shape index (κ2) is 3.63. The van der Waals surface area contributed by atoms with E-state index < -0.39 is 0 Å². The SMILES string of the molecule is Cc1[nH]cnc1CCN=[N+]=[N-]. The van der Waals surface area contributed by atoms with Crippen LogP contribution in [0.4, 0.5) is 0 Å². The molecule has 5 heteroatoms. The molecule has 0 unspecified atom stereocenters. The minimum atomic E-state index is 0.474. The zero-order valence-corrected chi connectivity index (χ0v) is 6.28. The number of hydrogen-bond acceptors (Lipinski definition) is 2. The molecule has 0 bridgehead atoms. The van der Waals surface area contributed by atoms with Gasteiger partial charge in [0.05, 0.1) is 12.0 Å². The minimum Gasteiger partial charge on any atom is -0.348 e. The monoisotopic (exact) mass is 151 g/mol. The van der Waals surface area contributed by atoms with Crippen LogP contribution in [0.1, 0.15) is 11.4 Å². The van der Waals surface area contributed by atoms with E-state index in [1.165, 1.54) is 0 Å². The summed E-state index contributed by atoms with van der Waals surface area (Å²) in [7, 11) is 0. The Balaban J connectivity index is 2.50. The normalized spacial score (nSPS) is 9.18. The Morgan fingerprint density at radius 2 is 2.64 bits per heavy atom. The van der Waals surface area contributed by atoms with Gasteiger partial charge in [-0.1, -0.05) is 5.11 Å². The van der Waals surface area contributed by atoms with E-state index in [4.69, 9.17) is 5.53 Å². The lowest BCUT2D eigenvalue weighted by atomic mass is 10.3. The van der Waals surface area contributed by atoms with Crippen molar-refractivity contribution in [1.29, 1.82) is 0 Å². The van der Waals surface area contributed by atoms with Gasteiger partial charge in [-0.05, 0) is 18.9 Å². The Morgan fingerprint density at radius 1 is 1.82 bits per heavy atom. The van der Waals surface area contributed by atoms with E-state index in [-0.39, 0.29) is 0 Å². The molecule has 0 saturated carbocycles. The number of hydrogen-bond donors (Lipinski definition) is 1. The molecule has 0 atom stereocenters. The summed E-state index contributed by atoms with van der Waals surface area (Å²) in [5, 5.41) is 3.41. The third-order valence-electron chi connectivity index (χ3n) is 1.45. The van der Waals surface area contributed by atoms with Crippen LogP contribution in [-0.2, 0) is 6.42 Å². The van der Waals surface area contributed by atoms with E-state index in [1.807, 2.05) is 6.92 Å². The van der Waals surface area contributed by atoms with Gasteiger partial charge in [0, 0.05) is 17.2 Å². The number of aromatic amines is 1. The zero-order chi connectivity index (χ0) is 8.10. The van der Waals surface area contributed by atoms with Gasteiger partial charge in [-0.2, -0.15) is 0 Å². The molecule has 1 aromatic rings. The Bertz CT molecular complexity index is 270. The fourth-order valence-electron chi connectivity index (χ4n) is 0.840. The Morgan fingerprint density at radius 3 is 3.18 bits per heavy atom. The van der Waals surface area contributed by atoms with Gasteiger partial charge >= 0.3 is 0 Å². The first-order chi connectivity index (χ1) is 5.34. The van der Waals surface area contributed by atoms with Crippen molar-refractivity contribution in [2.75, 3.05) is 6.54 Å². The zero-order valence-electron chi connectivity index (χ0n) is 6.28. The molecule has 5 nitrogen and oxygen atoms in total. The number of aryl methyl sites for hydroxylation is 1. The fraction of sp³-hybridized carbons (Fsp3) is 0.500. The molecular weight excluding hydrogens is 142 g/mol. The van der Waals surface area contributed by atoms with Crippen LogP contribution in [0.2, 0.25) is 0 Å². The number of rotatable bonds is 3. The molecule has 0 spiro atoms. The summed E-state index contributed by atoms with van der Waals surface area (Å²) in [5.74, 6) is 0. The standard InChI is InChI=1S/C6H9N5/c1-5-6(9-4-8-5)2-3-10-11-7/h4H,2-3H2,1H3,(H,8,9). The van der Waals surface area contributed by atoms with E-state index in [1.54, 1.807) is 6.33 Å². The molecule has 0 aromatic carbocycles. The lowest BCUT2D eigenvalue weighted by molar-refractivity contribution is 0.914. The molecule has 0 radical (unpaired) electrons. The van der Waals surface area contributed by atoms with Crippen LogP contribution in [0.5, 0.6) is 0 Å². The van der Waals surface area contributed by atoms with Crippen molar-refractivity contribution in [1.82, 2.24) is 9.97 Å². The van der Waals surface area contributed by atoms with Crippen molar-refractivity contribution in [2.45, 2.75) is 13.3 Å². The van der Waals surface area contributed by atoms with Crippen LogP contribution in [0.25, 0.3) is 10.4 Å². The summed E-state index contributed by atoms with van der Waals surface area (Å²) in [5.41, 5.74) is 10.0. The molecule has 0 fully saturated rings. The maximum Gasteiger partial charge on any atom is 0.0925 e. The molecule has 0 amide bonds. The van der Waals surface area contributed by atoms with E-state index in [0.29, 0.717) is 13.0 Å². The summed E-state index contributed by atoms with van der Waals surface area (Å²) < 4.78 is 0. The first-order valence-electron chi connectivity index (χ1n) is 3.34. The van der Waals surface area contributed by atoms with Crippen LogP contribution in [0, 0.1) is 6.92 Å². The molecule has 0 saturated heterocycles. The minimum absolute atomic E-state index is 0.474. The third kappa shape index (κ3) is 1.98. The molecule has 1 N–H and O–H groups in total. The van der Waals surface area contributed by atoms with Crippen molar-refractivity contribution in [2.24, 2.45) is 5.11 Å². The van der Waals surface area contributed by atoms with Gasteiger partial charge in [-0.15, -0.1) is 0 Å². The first-order valence-corrected chi connectivity index (χ1v) is 3.34. The topological polar surface area (TPSA) is 77.4 Å². The highest BCUT2D eigenvalue weighted by Gasteiger charge is 1.97. The number of aromatic nitrogens is 2. The number of imidazole rings is 1. The number of azide groups is 1. The summed E-state index contributed by atoms with van der Waals surface area (Å²) >= 11 is 0. The first kappa shape index (κ1) is 7.63. The van der Waals surface area contributed by atoms with Crippen LogP contribution >= 0.6 is 0 Å². The molecule has 58 valence electrons. The predicted octanol–water partition coefficient (Wildman–Crippen LogP) is 1.57. The Labute approximate surface area is 64.1 Å². The predicted molar refractivity (Wildman–Crippen MR) is 41.0 cm³/mol. The van der Waals surface area contributed by atoms with Crippen LogP contribution in [0.15, 0.2) is 11.4 Å². The fourth-order valence-corrected chi connectivity index (χ4v) is 0.840. The molecule has 1 heterocycles. The molecule has 0 aliphatic rings. The Hall–Kier alpha value is -1.48. The lowest BCUT2D eigenvalue weighted by Crippen LogP contribution is -1.90. The van der Waals surface area contributed by atoms with E-state index in [2.05, 4.69) is 20.0 Å². The van der Waals surface area contributed by atoms with Crippen LogP contribution in [0.3, 0.4) is 0 Å². The largest absolute Gasteiger partial charge is 0.348 e. The van der Waals surface area contributed by atoms with Gasteiger partial charge in [-0.25, -0.2) is 4.98 Å². The van der Waals surface area contributed by atoms with E-state index >= 15 is 0 Å². The number of H-pyrrole nitrogens is 1. The quantitative estimate of drug-likeness (QED) is 0.397. The van der Waals surface area contributed by atoms with E-state index in [9.17, 15) is 0 Å². The lowest BCUT2D eigenvalue weighted by Gasteiger charge is -1.91. The highest BCUT2D eigenvalue weighted by Crippen LogP contribution is 2.00. The summed E-state index contributed by atoms with van der Waals surface area (Å²) in [6, 6.07) is 0. The van der Waals surface area contributed by atoms with Crippen molar-refractivity contribution in [3.8, 4) is 0 Å². The molecule has 1 rings (SSSR count). The number of nitrogens with zero attached hydrogens (tertiary/aromatic N) is 4. The van der Waals surface area contributed by atoms with Crippen molar-refractivity contribution in [3.05, 3.63) is 28.2 Å². The third-order valence-corrected chi connectivity index (χ3v) is 1.45. The molecule has 0 aliphatic carbocycles. The molecule has 0 aliphatic heterocycles. The second-order valence-corrected chi connectivity index (χ2v) is 2.18. The van der Waals surface area contributed by atoms with Gasteiger partial charge in [0.2, 0.25) is 0 Å². The van der Waals surface area contributed by atoms with Crippen molar-refractivity contribution < 1.29 is 0 Å². The Kier molecular flexibility index (Phi) is 2.52. The highest BCUT2D eigenvalue weighted by atomic mass is 15.1. The maximum absolute atomic E-state index is 7.99. The average molecular weight is 151 g/mol. The van der Waals surface area contributed by atoms with Gasteiger partial charge < -0.3 is 4.98 Å². The van der Waals surface area contributed by atoms with Gasteiger partial charge in [-0.3, -0.25) is 0 Å². The summed E-state index contributed by atoms with van der Waals surface area (Å²) in [6.07, 6.45) is 2.35. The second-order valence-electron chi connectivity index (χ2n) is 2.18. The van der Waals surface area contributed by atoms with Gasteiger partial charge in [0.15, 0.2) is 0 Å². The van der Waals surface area contributed by atoms with Gasteiger partial charge in [0.25, 0.3) is 0 Å². The van der Waals surface area contributed by atoms with E-state index in [0.717, 1.165) is 11.4 Å². The smallest absolute Gasteiger partial charge is 0.0925 e. The highest BCUT2D eigenvalue weighted by molar-refractivity contribution is 5.08. The van der Waals surface area contributed by atoms with Crippen molar-refractivity contribution in [3.63, 3.8) is 0 Å². The molecule has 1 aromatic heterocycles. The van der Waals surface area contributed by atoms with Crippen molar-refractivity contribution >= 4 is 0 Å². The van der Waals surface area contributed by atoms with Crippen LogP contribution in [-0.4, -0.2) is 16.5 Å². The summed E-state index contributed by atoms with van der Waals surface area (Å²) in [4.78, 5) is 9.65. The average Bonchev–Trinajstić information content (AvgIpc) is 2.37. The molecular formula is C6H9N5. The maximum atomic E-state index is 7.99. The number of nitrogens with one attached hydrogen (secondary N) is 1. The molecule has 11 heavy (non-hydrogen) atoms. The van der Waals surface area contributed by atoms with Crippen LogP contribution < -0.4 is 0 Å².